The third-order valence-corrected chi connectivity index (χ3v) is 4.33. The number of benzene rings is 2. The second-order valence-electron chi connectivity index (χ2n) is 5.11. The summed E-state index contributed by atoms with van der Waals surface area (Å²) in [4.78, 5) is 0. The molecule has 0 saturated carbocycles. The van der Waals surface area contributed by atoms with Gasteiger partial charge >= 0.3 is 0 Å². The van der Waals surface area contributed by atoms with Gasteiger partial charge in [-0.05, 0) is 56.1 Å². The van der Waals surface area contributed by atoms with Crippen molar-refractivity contribution in [2.75, 3.05) is 7.05 Å². The van der Waals surface area contributed by atoms with Crippen molar-refractivity contribution in [3.05, 3.63) is 68.9 Å². The zero-order valence-corrected chi connectivity index (χ0v) is 13.6. The first-order valence-corrected chi connectivity index (χ1v) is 7.49. The van der Waals surface area contributed by atoms with Gasteiger partial charge in [0.05, 0.1) is 0 Å². The summed E-state index contributed by atoms with van der Waals surface area (Å²) < 4.78 is 15.4. The topological polar surface area (TPSA) is 12.0 Å². The van der Waals surface area contributed by atoms with Gasteiger partial charge < -0.3 is 5.32 Å². The zero-order chi connectivity index (χ0) is 14.7. The van der Waals surface area contributed by atoms with E-state index >= 15 is 0 Å². The van der Waals surface area contributed by atoms with Gasteiger partial charge in [0.2, 0.25) is 0 Å². The van der Waals surface area contributed by atoms with Crippen LogP contribution >= 0.6 is 15.9 Å². The summed E-state index contributed by atoms with van der Waals surface area (Å²) in [7, 11) is 1.88. The van der Waals surface area contributed by atoms with Crippen LogP contribution in [0, 0.1) is 19.7 Å². The summed E-state index contributed by atoms with van der Waals surface area (Å²) in [5.41, 5.74) is 3.88. The summed E-state index contributed by atoms with van der Waals surface area (Å²) in [6.07, 6.45) is 0.749. The lowest BCUT2D eigenvalue weighted by Crippen LogP contribution is -2.21. The normalized spacial score (nSPS) is 12.4. The molecule has 1 N–H and O–H groups in total. The van der Waals surface area contributed by atoms with Gasteiger partial charge in [0.15, 0.2) is 0 Å². The number of rotatable bonds is 4. The highest BCUT2D eigenvalue weighted by Crippen LogP contribution is 2.28. The lowest BCUT2D eigenvalue weighted by Gasteiger charge is -2.21. The SMILES string of the molecule is CNC(Cc1ccccc1Br)c1c(C)cc(C)cc1F. The molecule has 3 heteroatoms. The molecule has 0 amide bonds. The summed E-state index contributed by atoms with van der Waals surface area (Å²) in [6, 6.07) is 11.7. The standard InChI is InChI=1S/C17H19BrFN/c1-11-8-12(2)17(15(19)9-11)16(20-3)10-13-6-4-5-7-14(13)18/h4-9,16,20H,10H2,1-3H3. The Morgan fingerprint density at radius 2 is 1.90 bits per heavy atom. The Hall–Kier alpha value is -1.19. The number of halogens is 2. The summed E-state index contributed by atoms with van der Waals surface area (Å²) >= 11 is 3.55. The molecule has 0 aromatic heterocycles. The summed E-state index contributed by atoms with van der Waals surface area (Å²) in [5.74, 6) is -0.131. The maximum Gasteiger partial charge on any atom is 0.128 e. The van der Waals surface area contributed by atoms with Crippen molar-refractivity contribution >= 4 is 15.9 Å². The third kappa shape index (κ3) is 3.28. The molecule has 0 aliphatic rings. The van der Waals surface area contributed by atoms with E-state index in [0.29, 0.717) is 0 Å². The molecule has 2 rings (SSSR count). The van der Waals surface area contributed by atoms with E-state index in [0.717, 1.165) is 27.6 Å². The molecule has 0 bridgehead atoms. The van der Waals surface area contributed by atoms with Crippen LogP contribution in [0.25, 0.3) is 0 Å². The first-order chi connectivity index (χ1) is 9.52. The zero-order valence-electron chi connectivity index (χ0n) is 12.0. The fraction of sp³-hybridized carbons (Fsp3) is 0.294. The first-order valence-electron chi connectivity index (χ1n) is 6.70. The lowest BCUT2D eigenvalue weighted by atomic mass is 9.94. The van der Waals surface area contributed by atoms with Crippen LogP contribution in [0.2, 0.25) is 0 Å². The largest absolute Gasteiger partial charge is 0.313 e. The fourth-order valence-corrected chi connectivity index (χ4v) is 3.05. The third-order valence-electron chi connectivity index (χ3n) is 3.56. The molecule has 2 aromatic rings. The van der Waals surface area contributed by atoms with Crippen molar-refractivity contribution < 1.29 is 4.39 Å². The molecule has 106 valence electrons. The average molecular weight is 336 g/mol. The highest BCUT2D eigenvalue weighted by atomic mass is 79.9. The van der Waals surface area contributed by atoms with E-state index in [1.165, 1.54) is 5.56 Å². The smallest absolute Gasteiger partial charge is 0.128 e. The predicted molar refractivity (Wildman–Crippen MR) is 85.5 cm³/mol. The van der Waals surface area contributed by atoms with Crippen LogP contribution in [0.1, 0.15) is 28.3 Å². The molecule has 0 saturated heterocycles. The summed E-state index contributed by atoms with van der Waals surface area (Å²) in [6.45, 7) is 3.89. The Bertz CT molecular complexity index is 587. The monoisotopic (exact) mass is 335 g/mol. The number of hydrogen-bond donors (Lipinski definition) is 1. The van der Waals surface area contributed by atoms with Crippen LogP contribution in [0.4, 0.5) is 4.39 Å². The number of aryl methyl sites for hydroxylation is 2. The number of nitrogens with one attached hydrogen (secondary N) is 1. The van der Waals surface area contributed by atoms with Gasteiger partial charge in [0.1, 0.15) is 5.82 Å². The van der Waals surface area contributed by atoms with Gasteiger partial charge in [-0.1, -0.05) is 40.2 Å². The van der Waals surface area contributed by atoms with E-state index in [4.69, 9.17) is 0 Å². The van der Waals surface area contributed by atoms with Gasteiger partial charge in [-0.15, -0.1) is 0 Å². The van der Waals surface area contributed by atoms with Crippen molar-refractivity contribution in [3.8, 4) is 0 Å². The van der Waals surface area contributed by atoms with Gasteiger partial charge in [-0.25, -0.2) is 4.39 Å². The summed E-state index contributed by atoms with van der Waals surface area (Å²) in [5, 5.41) is 3.23. The average Bonchev–Trinajstić information content (AvgIpc) is 2.38. The van der Waals surface area contributed by atoms with Gasteiger partial charge in [-0.3, -0.25) is 0 Å². The number of likely N-dealkylation sites (N-methyl/N-ethyl adjacent to an activating group) is 1. The molecular weight excluding hydrogens is 317 g/mol. The van der Waals surface area contributed by atoms with Crippen LogP contribution in [-0.2, 0) is 6.42 Å². The van der Waals surface area contributed by atoms with Crippen molar-refractivity contribution in [3.63, 3.8) is 0 Å². The lowest BCUT2D eigenvalue weighted by molar-refractivity contribution is 0.529. The molecule has 0 spiro atoms. The van der Waals surface area contributed by atoms with E-state index in [9.17, 15) is 4.39 Å². The Morgan fingerprint density at radius 1 is 1.20 bits per heavy atom. The maximum atomic E-state index is 14.3. The minimum Gasteiger partial charge on any atom is -0.313 e. The van der Waals surface area contributed by atoms with E-state index < -0.39 is 0 Å². The molecule has 0 heterocycles. The maximum absolute atomic E-state index is 14.3. The van der Waals surface area contributed by atoms with E-state index in [-0.39, 0.29) is 11.9 Å². The first kappa shape index (κ1) is 15.2. The van der Waals surface area contributed by atoms with Gasteiger partial charge in [0.25, 0.3) is 0 Å². The van der Waals surface area contributed by atoms with Crippen molar-refractivity contribution in [2.45, 2.75) is 26.3 Å². The molecule has 0 fully saturated rings. The molecule has 20 heavy (non-hydrogen) atoms. The van der Waals surface area contributed by atoms with Crippen LogP contribution in [0.15, 0.2) is 40.9 Å². The van der Waals surface area contributed by atoms with Crippen LogP contribution in [0.5, 0.6) is 0 Å². The second-order valence-corrected chi connectivity index (χ2v) is 5.97. The number of hydrogen-bond acceptors (Lipinski definition) is 1. The van der Waals surface area contributed by atoms with Crippen LogP contribution in [0.3, 0.4) is 0 Å². The second kappa shape index (κ2) is 6.51. The molecule has 1 nitrogen and oxygen atoms in total. The Labute approximate surface area is 128 Å². The molecule has 0 aliphatic heterocycles. The quantitative estimate of drug-likeness (QED) is 0.853. The minimum atomic E-state index is -0.131. The molecular formula is C17H19BrFN. The highest BCUT2D eigenvalue weighted by Gasteiger charge is 2.18. The molecule has 1 unspecified atom stereocenters. The van der Waals surface area contributed by atoms with E-state index in [1.807, 2.05) is 45.2 Å². The minimum absolute atomic E-state index is 0.0331. The molecule has 0 radical (unpaired) electrons. The van der Waals surface area contributed by atoms with Crippen molar-refractivity contribution in [1.29, 1.82) is 0 Å². The Morgan fingerprint density at radius 3 is 2.50 bits per heavy atom. The van der Waals surface area contributed by atoms with E-state index in [2.05, 4.69) is 27.3 Å². The molecule has 0 aliphatic carbocycles. The van der Waals surface area contributed by atoms with Gasteiger partial charge in [0, 0.05) is 16.1 Å². The molecule has 1 atom stereocenters. The predicted octanol–water partition coefficient (Wildman–Crippen LogP) is 4.71. The molecule has 2 aromatic carbocycles. The Kier molecular flexibility index (Phi) is 4.95. The fourth-order valence-electron chi connectivity index (χ4n) is 2.60. The van der Waals surface area contributed by atoms with Crippen molar-refractivity contribution in [1.82, 2.24) is 5.32 Å². The van der Waals surface area contributed by atoms with E-state index in [1.54, 1.807) is 6.07 Å². The van der Waals surface area contributed by atoms with Gasteiger partial charge in [-0.2, -0.15) is 0 Å². The van der Waals surface area contributed by atoms with Crippen LogP contribution < -0.4 is 5.32 Å². The van der Waals surface area contributed by atoms with Crippen molar-refractivity contribution in [2.24, 2.45) is 0 Å². The van der Waals surface area contributed by atoms with Crippen LogP contribution in [-0.4, -0.2) is 7.05 Å². The Balaban J connectivity index is 2.37. The highest BCUT2D eigenvalue weighted by molar-refractivity contribution is 9.10.